The Balaban J connectivity index is 2.26. The van der Waals surface area contributed by atoms with Crippen LogP contribution in [0.25, 0.3) is 0 Å². The van der Waals surface area contributed by atoms with Crippen molar-refractivity contribution in [3.8, 4) is 0 Å². The molecule has 96 valence electrons. The molecule has 0 radical (unpaired) electrons. The summed E-state index contributed by atoms with van der Waals surface area (Å²) >= 11 is 0. The van der Waals surface area contributed by atoms with Gasteiger partial charge in [0.25, 0.3) is 0 Å². The molecule has 18 heavy (non-hydrogen) atoms. The van der Waals surface area contributed by atoms with Crippen LogP contribution in [-0.2, 0) is 10.2 Å². The predicted octanol–water partition coefficient (Wildman–Crippen LogP) is 3.66. The van der Waals surface area contributed by atoms with Crippen molar-refractivity contribution in [3.63, 3.8) is 0 Å². The molecule has 0 bridgehead atoms. The fourth-order valence-corrected chi connectivity index (χ4v) is 3.73. The maximum absolute atomic E-state index is 14.5. The Kier molecular flexibility index (Phi) is 2.54. The van der Waals surface area contributed by atoms with Crippen molar-refractivity contribution in [2.24, 2.45) is 0 Å². The summed E-state index contributed by atoms with van der Waals surface area (Å²) in [5, 5.41) is 0. The molecule has 0 aromatic heterocycles. The Labute approximate surface area is 105 Å². The average Bonchev–Trinajstić information content (AvgIpc) is 2.69. The lowest BCUT2D eigenvalue weighted by molar-refractivity contribution is -0.125. The third-order valence-electron chi connectivity index (χ3n) is 4.59. The molecule has 1 spiro atoms. The van der Waals surface area contributed by atoms with Gasteiger partial charge in [0, 0.05) is 6.42 Å². The number of carbonyl (C=O) groups excluding carboxylic acids is 1. The highest BCUT2D eigenvalue weighted by Crippen LogP contribution is 2.51. The van der Waals surface area contributed by atoms with E-state index in [-0.39, 0.29) is 23.9 Å². The molecule has 0 N–H and O–H groups in total. The molecule has 0 saturated heterocycles. The topological polar surface area (TPSA) is 17.1 Å². The van der Waals surface area contributed by atoms with Gasteiger partial charge in [-0.3, -0.25) is 4.79 Å². The first kappa shape index (κ1) is 11.8. The summed E-state index contributed by atoms with van der Waals surface area (Å²) in [6.45, 7) is 1.83. The molecule has 1 aromatic carbocycles. The molecule has 1 unspecified atom stereocenters. The number of halogens is 2. The Morgan fingerprint density at radius 1 is 1.39 bits per heavy atom. The first-order chi connectivity index (χ1) is 8.57. The van der Waals surface area contributed by atoms with E-state index in [4.69, 9.17) is 0 Å². The van der Waals surface area contributed by atoms with Crippen LogP contribution in [0.4, 0.5) is 8.78 Å². The Morgan fingerprint density at radius 2 is 2.17 bits per heavy atom. The van der Waals surface area contributed by atoms with E-state index in [9.17, 15) is 13.6 Å². The zero-order valence-electron chi connectivity index (χ0n) is 10.4. The van der Waals surface area contributed by atoms with Crippen LogP contribution in [0.3, 0.4) is 0 Å². The minimum atomic E-state index is -1.17. The van der Waals surface area contributed by atoms with E-state index in [2.05, 4.69) is 0 Å². The van der Waals surface area contributed by atoms with Crippen LogP contribution in [-0.4, -0.2) is 12.0 Å². The molecule has 2 aliphatic carbocycles. The van der Waals surface area contributed by atoms with Crippen molar-refractivity contribution in [3.05, 3.63) is 35.1 Å². The van der Waals surface area contributed by atoms with Crippen LogP contribution in [0.5, 0.6) is 0 Å². The summed E-state index contributed by atoms with van der Waals surface area (Å²) in [5.74, 6) is -0.505. The van der Waals surface area contributed by atoms with E-state index in [1.54, 1.807) is 12.1 Å². The minimum Gasteiger partial charge on any atom is -0.299 e. The number of rotatable bonds is 0. The number of alkyl halides is 1. The van der Waals surface area contributed by atoms with Gasteiger partial charge < -0.3 is 0 Å². The molecule has 0 amide bonds. The second kappa shape index (κ2) is 3.87. The molecule has 2 aliphatic rings. The van der Waals surface area contributed by atoms with Gasteiger partial charge in [-0.15, -0.1) is 0 Å². The zero-order valence-corrected chi connectivity index (χ0v) is 10.4. The number of Topliss-reactive ketones (excluding diaryl/α,β-unsaturated/α-hetero) is 1. The molecular weight excluding hydrogens is 234 g/mol. The highest BCUT2D eigenvalue weighted by Gasteiger charge is 2.54. The summed E-state index contributed by atoms with van der Waals surface area (Å²) < 4.78 is 28.5. The standard InChI is InChI=1S/C15H16F2O/c1-9-8-12(17)15(7-3-6-13(15)18)10-4-2-5-11(16)14(9)10/h2,4-5,9,12H,3,6-8H2,1H3/t9?,12-,15+/m1/s1. The van der Waals surface area contributed by atoms with E-state index in [0.717, 1.165) is 0 Å². The predicted molar refractivity (Wildman–Crippen MR) is 64.9 cm³/mol. The van der Waals surface area contributed by atoms with E-state index in [1.165, 1.54) is 6.07 Å². The highest BCUT2D eigenvalue weighted by molar-refractivity contribution is 5.93. The van der Waals surface area contributed by atoms with Gasteiger partial charge in [-0.1, -0.05) is 19.1 Å². The highest BCUT2D eigenvalue weighted by atomic mass is 19.1. The molecule has 1 fully saturated rings. The van der Waals surface area contributed by atoms with Gasteiger partial charge in [-0.05, 0) is 42.4 Å². The van der Waals surface area contributed by atoms with E-state index >= 15 is 0 Å². The quantitative estimate of drug-likeness (QED) is 0.686. The van der Waals surface area contributed by atoms with Crippen molar-refractivity contribution in [2.45, 2.75) is 50.1 Å². The third-order valence-corrected chi connectivity index (χ3v) is 4.59. The van der Waals surface area contributed by atoms with Crippen molar-refractivity contribution >= 4 is 5.78 Å². The van der Waals surface area contributed by atoms with Crippen LogP contribution < -0.4 is 0 Å². The molecule has 3 heteroatoms. The number of carbonyl (C=O) groups is 1. The average molecular weight is 250 g/mol. The lowest BCUT2D eigenvalue weighted by Gasteiger charge is -2.40. The second-order valence-corrected chi connectivity index (χ2v) is 5.55. The molecule has 1 saturated carbocycles. The molecule has 1 aromatic rings. The van der Waals surface area contributed by atoms with Gasteiger partial charge in [-0.25, -0.2) is 8.78 Å². The molecule has 3 atom stereocenters. The SMILES string of the molecule is CC1C[C@@H](F)[C@]2(CCCC2=O)c2cccc(F)c21. The first-order valence-corrected chi connectivity index (χ1v) is 6.53. The molecule has 3 rings (SSSR count). The Morgan fingerprint density at radius 3 is 2.83 bits per heavy atom. The maximum atomic E-state index is 14.5. The van der Waals surface area contributed by atoms with Gasteiger partial charge in [0.1, 0.15) is 17.8 Å². The summed E-state index contributed by atoms with van der Waals surface area (Å²) in [4.78, 5) is 12.2. The second-order valence-electron chi connectivity index (χ2n) is 5.55. The Bertz CT molecular complexity index is 511. The molecule has 1 nitrogen and oxygen atoms in total. The van der Waals surface area contributed by atoms with Crippen molar-refractivity contribution in [2.75, 3.05) is 0 Å². The summed E-state index contributed by atoms with van der Waals surface area (Å²) in [7, 11) is 0. The lowest BCUT2D eigenvalue weighted by Crippen LogP contribution is -2.45. The molecule has 0 heterocycles. The van der Waals surface area contributed by atoms with E-state index < -0.39 is 11.6 Å². The van der Waals surface area contributed by atoms with Crippen LogP contribution >= 0.6 is 0 Å². The minimum absolute atomic E-state index is 0.0475. The Hall–Kier alpha value is -1.25. The van der Waals surface area contributed by atoms with Crippen LogP contribution in [0, 0.1) is 5.82 Å². The number of hydrogen-bond donors (Lipinski definition) is 0. The summed E-state index contributed by atoms with van der Waals surface area (Å²) in [5.41, 5.74) is 0.113. The lowest BCUT2D eigenvalue weighted by atomic mass is 9.64. The monoisotopic (exact) mass is 250 g/mol. The van der Waals surface area contributed by atoms with Crippen molar-refractivity contribution < 1.29 is 13.6 Å². The van der Waals surface area contributed by atoms with Gasteiger partial charge in [0.05, 0.1) is 5.41 Å². The maximum Gasteiger partial charge on any atom is 0.146 e. The van der Waals surface area contributed by atoms with Crippen LogP contribution in [0.2, 0.25) is 0 Å². The van der Waals surface area contributed by atoms with Gasteiger partial charge in [0.2, 0.25) is 0 Å². The van der Waals surface area contributed by atoms with Crippen molar-refractivity contribution in [1.82, 2.24) is 0 Å². The number of hydrogen-bond acceptors (Lipinski definition) is 1. The van der Waals surface area contributed by atoms with Gasteiger partial charge >= 0.3 is 0 Å². The number of benzene rings is 1. The van der Waals surface area contributed by atoms with E-state index in [1.807, 2.05) is 6.92 Å². The smallest absolute Gasteiger partial charge is 0.146 e. The van der Waals surface area contributed by atoms with Gasteiger partial charge in [0.15, 0.2) is 0 Å². The van der Waals surface area contributed by atoms with Crippen LogP contribution in [0.15, 0.2) is 18.2 Å². The van der Waals surface area contributed by atoms with Gasteiger partial charge in [-0.2, -0.15) is 0 Å². The van der Waals surface area contributed by atoms with Crippen molar-refractivity contribution in [1.29, 1.82) is 0 Å². The first-order valence-electron chi connectivity index (χ1n) is 6.53. The molecular formula is C15H16F2O. The fourth-order valence-electron chi connectivity index (χ4n) is 3.73. The van der Waals surface area contributed by atoms with E-state index in [0.29, 0.717) is 30.4 Å². The number of ketones is 1. The largest absolute Gasteiger partial charge is 0.299 e. The summed E-state index contributed by atoms with van der Waals surface area (Å²) in [6.07, 6.45) is 0.737. The van der Waals surface area contributed by atoms with Crippen LogP contribution in [0.1, 0.15) is 49.7 Å². The third kappa shape index (κ3) is 1.33. The number of fused-ring (bicyclic) bond motifs is 2. The zero-order chi connectivity index (χ0) is 12.9. The summed E-state index contributed by atoms with van der Waals surface area (Å²) in [6, 6.07) is 4.73. The normalized spacial score (nSPS) is 34.9. The molecule has 0 aliphatic heterocycles. The fraction of sp³-hybridized carbons (Fsp3) is 0.533.